The second-order valence-electron chi connectivity index (χ2n) is 23.5. The Morgan fingerprint density at radius 3 is 1.24 bits per heavy atom. The molecule has 3 aromatic heterocycles. The Balaban J connectivity index is 0.000000111. The molecule has 0 radical (unpaired) electrons. The molecule has 16 aromatic carbocycles. The lowest BCUT2D eigenvalue weighted by molar-refractivity contribution is 1.19. The van der Waals surface area contributed by atoms with Crippen molar-refractivity contribution in [3.8, 4) is 39.1 Å². The predicted octanol–water partition coefficient (Wildman–Crippen LogP) is 25.5. The molecule has 0 atom stereocenters. The summed E-state index contributed by atoms with van der Waals surface area (Å²) in [4.78, 5) is 0. The van der Waals surface area contributed by atoms with E-state index in [1.807, 2.05) is 22.7 Å². The number of halogens is 1. The van der Waals surface area contributed by atoms with Crippen LogP contribution in [-0.4, -0.2) is 4.57 Å². The number of thiophene rings is 2. The van der Waals surface area contributed by atoms with Gasteiger partial charge in [-0.2, -0.15) is 0 Å². The van der Waals surface area contributed by atoms with Gasteiger partial charge in [-0.3, -0.25) is 0 Å². The van der Waals surface area contributed by atoms with Crippen LogP contribution in [0.5, 0.6) is 0 Å². The number of fused-ring (bicyclic) bond motifs is 24. The highest BCUT2D eigenvalue weighted by atomic mass is 79.9. The van der Waals surface area contributed by atoms with Crippen LogP contribution in [0.25, 0.3) is 166 Å². The number of hydrogen-bond donors (Lipinski definition) is 0. The fraction of sp³-hybridized carbons (Fsp3) is 0.0118. The van der Waals surface area contributed by atoms with Crippen molar-refractivity contribution < 1.29 is 0 Å². The molecule has 0 amide bonds. The van der Waals surface area contributed by atoms with Crippen molar-refractivity contribution in [2.45, 2.75) is 6.42 Å². The van der Waals surface area contributed by atoms with Gasteiger partial charge in [0.1, 0.15) is 0 Å². The topological polar surface area (TPSA) is 4.93 Å². The van der Waals surface area contributed by atoms with Crippen molar-refractivity contribution >= 4 is 165 Å². The third kappa shape index (κ3) is 8.46. The highest BCUT2D eigenvalue weighted by molar-refractivity contribution is 9.10. The van der Waals surface area contributed by atoms with Crippen molar-refractivity contribution in [3.05, 3.63) is 319 Å². The number of nitrogens with zero attached hydrogens (tertiary/aromatic N) is 1. The molecule has 0 spiro atoms. The molecule has 0 aliphatic heterocycles. The lowest BCUT2D eigenvalue weighted by Gasteiger charge is -2.14. The molecule has 0 bridgehead atoms. The van der Waals surface area contributed by atoms with E-state index in [-0.39, 0.29) is 0 Å². The molecule has 1 nitrogen and oxygen atoms in total. The van der Waals surface area contributed by atoms with Gasteiger partial charge in [0.2, 0.25) is 0 Å². The van der Waals surface area contributed by atoms with E-state index in [2.05, 4.69) is 324 Å². The minimum absolute atomic E-state index is 1.05. The lowest BCUT2D eigenvalue weighted by atomic mass is 9.94. The molecule has 0 fully saturated rings. The second kappa shape index (κ2) is 21.0. The smallest absolute Gasteiger partial charge is 0.0541 e. The zero-order valence-electron chi connectivity index (χ0n) is 48.2. The summed E-state index contributed by atoms with van der Waals surface area (Å²) in [5, 5.41) is 23.7. The van der Waals surface area contributed by atoms with E-state index < -0.39 is 0 Å². The molecular weight excluding hydrogens is 1180 g/mol. The maximum atomic E-state index is 3.58. The number of para-hydroxylation sites is 1. The number of rotatable bonds is 3. The normalized spacial score (nSPS) is 12.1. The molecule has 3 heterocycles. The fourth-order valence-electron chi connectivity index (χ4n) is 14.6. The molecule has 89 heavy (non-hydrogen) atoms. The van der Waals surface area contributed by atoms with Gasteiger partial charge in [-0.05, 0) is 176 Å². The molecule has 4 heteroatoms. The Bertz CT molecular complexity index is 6050. The van der Waals surface area contributed by atoms with Gasteiger partial charge in [0.15, 0.2) is 0 Å². The van der Waals surface area contributed by atoms with E-state index in [9.17, 15) is 0 Å². The average molecular weight is 1230 g/mol. The van der Waals surface area contributed by atoms with Gasteiger partial charge in [-0.1, -0.05) is 259 Å². The van der Waals surface area contributed by atoms with Gasteiger partial charge in [0.05, 0.1) is 11.0 Å². The molecule has 0 N–H and O–H groups in total. The van der Waals surface area contributed by atoms with E-state index in [0.29, 0.717) is 0 Å². The third-order valence-electron chi connectivity index (χ3n) is 18.6. The summed E-state index contributed by atoms with van der Waals surface area (Å²) in [7, 11) is 0. The maximum Gasteiger partial charge on any atom is 0.0541 e. The Labute approximate surface area is 530 Å². The highest BCUT2D eigenvalue weighted by Crippen LogP contribution is 2.46. The van der Waals surface area contributed by atoms with Crippen LogP contribution in [-0.2, 0) is 6.42 Å². The highest BCUT2D eigenvalue weighted by Gasteiger charge is 2.21. The number of hydrogen-bond acceptors (Lipinski definition) is 2. The minimum Gasteiger partial charge on any atom is -0.309 e. The first-order valence-corrected chi connectivity index (χ1v) is 32.9. The van der Waals surface area contributed by atoms with Gasteiger partial charge in [-0.25, -0.2) is 0 Å². The van der Waals surface area contributed by atoms with Crippen LogP contribution in [0.3, 0.4) is 0 Å². The van der Waals surface area contributed by atoms with Gasteiger partial charge >= 0.3 is 0 Å². The summed E-state index contributed by atoms with van der Waals surface area (Å²) in [5.74, 6) is 0. The monoisotopic (exact) mass is 1230 g/mol. The van der Waals surface area contributed by atoms with E-state index >= 15 is 0 Å². The van der Waals surface area contributed by atoms with Crippen molar-refractivity contribution in [1.82, 2.24) is 4.57 Å². The summed E-state index contributed by atoms with van der Waals surface area (Å²) in [6.45, 7) is 0. The van der Waals surface area contributed by atoms with E-state index in [4.69, 9.17) is 0 Å². The quantitative estimate of drug-likeness (QED) is 0.155. The molecule has 1 aliphatic rings. The average Bonchev–Trinajstić information content (AvgIpc) is 1.86. The molecule has 0 saturated heterocycles. The molecule has 20 rings (SSSR count). The maximum absolute atomic E-state index is 3.58. The van der Waals surface area contributed by atoms with E-state index in [1.165, 1.54) is 177 Å². The SMILES string of the molecule is Brc1ccc2c3ccccc3c3ccccc3c2c1.c1ccc2c(c1)Cc1ccc(-c3cccc4c3sc3ccccc34)cc1-2.c1ccc2c(c1)sc1c(-c3ccc4c(c3)c3ccccc3n4-c3ccc4c5ccccc5c5ccccc5c4c3)cccc12. The molecule has 0 unspecified atom stereocenters. The predicted molar refractivity (Wildman–Crippen MR) is 391 cm³/mol. The van der Waals surface area contributed by atoms with Crippen LogP contribution >= 0.6 is 38.6 Å². The zero-order chi connectivity index (χ0) is 58.7. The summed E-state index contributed by atoms with van der Waals surface area (Å²) < 4.78 is 9.01. The van der Waals surface area contributed by atoms with Gasteiger partial charge in [-0.15, -0.1) is 22.7 Å². The Kier molecular flexibility index (Phi) is 12.3. The van der Waals surface area contributed by atoms with E-state index in [1.54, 1.807) is 0 Å². The Morgan fingerprint density at radius 1 is 0.247 bits per heavy atom. The van der Waals surface area contributed by atoms with Crippen LogP contribution in [0.4, 0.5) is 0 Å². The minimum atomic E-state index is 1.05. The molecule has 1 aliphatic carbocycles. The molecule has 416 valence electrons. The molecule has 0 saturated carbocycles. The summed E-state index contributed by atoms with van der Waals surface area (Å²) in [5.41, 5.74) is 14.5. The second-order valence-corrected chi connectivity index (χ2v) is 26.5. The zero-order valence-corrected chi connectivity index (χ0v) is 51.4. The van der Waals surface area contributed by atoms with Crippen molar-refractivity contribution in [2.24, 2.45) is 0 Å². The summed E-state index contributed by atoms with van der Waals surface area (Å²) in [6.07, 6.45) is 1.05. The standard InChI is InChI=1S/C42H25NS.C25H16S.C18H11Br/c1-2-12-31-29(10-1)30-11-3-4-13-32(30)37-25-27(21-22-33(31)37)43-39-18-7-5-14-34(39)38-24-26(20-23-40(38)43)28-16-9-17-36-35-15-6-8-19-41(35)44-42(28)36;1-2-7-19-16(6-1)14-17-12-13-18(15-23(17)19)20-9-5-10-22-21-8-3-4-11-24(21)26-25(20)22;19-12-9-10-17-15-7-2-1-5-13(15)14-6-3-4-8-16(14)18(17)11-12/h1-25H;1-13,15H,14H2;1-11H. The van der Waals surface area contributed by atoms with Crippen LogP contribution in [0.1, 0.15) is 11.1 Å². The van der Waals surface area contributed by atoms with Crippen LogP contribution < -0.4 is 0 Å². The van der Waals surface area contributed by atoms with Crippen molar-refractivity contribution in [1.29, 1.82) is 0 Å². The van der Waals surface area contributed by atoms with Crippen LogP contribution in [0, 0.1) is 0 Å². The lowest BCUT2D eigenvalue weighted by Crippen LogP contribution is -1.94. The summed E-state index contributed by atoms with van der Waals surface area (Å²) in [6, 6.07) is 111. The first-order chi connectivity index (χ1) is 44.1. The van der Waals surface area contributed by atoms with Gasteiger partial charge < -0.3 is 4.57 Å². The van der Waals surface area contributed by atoms with Crippen molar-refractivity contribution in [3.63, 3.8) is 0 Å². The first kappa shape index (κ1) is 52.0. The Morgan fingerprint density at radius 2 is 0.652 bits per heavy atom. The number of benzene rings is 16. The van der Waals surface area contributed by atoms with Crippen LogP contribution in [0.2, 0.25) is 0 Å². The van der Waals surface area contributed by atoms with Crippen molar-refractivity contribution in [2.75, 3.05) is 0 Å². The molecule has 19 aromatic rings. The largest absolute Gasteiger partial charge is 0.309 e. The Hall–Kier alpha value is -10.2. The number of aromatic nitrogens is 1. The van der Waals surface area contributed by atoms with Gasteiger partial charge in [0, 0.05) is 61.3 Å². The van der Waals surface area contributed by atoms with Gasteiger partial charge in [0.25, 0.3) is 0 Å². The van der Waals surface area contributed by atoms with Crippen LogP contribution in [0.15, 0.2) is 308 Å². The van der Waals surface area contributed by atoms with E-state index in [0.717, 1.165) is 10.9 Å². The summed E-state index contributed by atoms with van der Waals surface area (Å²) >= 11 is 7.38. The third-order valence-corrected chi connectivity index (χ3v) is 21.5. The molecular formula is C85H52BrNS2. The fourth-order valence-corrected chi connectivity index (χ4v) is 17.4. The first-order valence-electron chi connectivity index (χ1n) is 30.4.